The third-order valence-electron chi connectivity index (χ3n) is 6.25. The van der Waals surface area contributed by atoms with Gasteiger partial charge in [-0.25, -0.2) is 9.59 Å². The summed E-state index contributed by atoms with van der Waals surface area (Å²) in [6.45, 7) is 2.66. The van der Waals surface area contributed by atoms with Crippen molar-refractivity contribution >= 4 is 17.7 Å². The molecule has 0 radical (unpaired) electrons. The molecule has 4 N–H and O–H groups in total. The third-order valence-corrected chi connectivity index (χ3v) is 6.25. The number of alkyl halides is 3. The predicted octanol–water partition coefficient (Wildman–Crippen LogP) is 4.61. The summed E-state index contributed by atoms with van der Waals surface area (Å²) in [6.07, 6.45) is -4.01. The Labute approximate surface area is 239 Å². The van der Waals surface area contributed by atoms with Crippen molar-refractivity contribution in [3.8, 4) is 22.6 Å². The van der Waals surface area contributed by atoms with E-state index in [2.05, 4.69) is 11.4 Å². The number of aliphatic hydroxyl groups is 1. The molecule has 3 aromatic carbocycles. The molecule has 12 heteroatoms. The molecule has 3 aromatic rings. The summed E-state index contributed by atoms with van der Waals surface area (Å²) in [5, 5.41) is 29.7. The highest BCUT2D eigenvalue weighted by atomic mass is 19.4. The Hall–Kier alpha value is -4.42. The van der Waals surface area contributed by atoms with Crippen molar-refractivity contribution in [2.45, 2.75) is 38.1 Å². The van der Waals surface area contributed by atoms with Gasteiger partial charge in [-0.1, -0.05) is 18.2 Å². The van der Waals surface area contributed by atoms with Crippen molar-refractivity contribution in [3.05, 3.63) is 83.4 Å². The van der Waals surface area contributed by atoms with Crippen LogP contribution in [0.15, 0.2) is 66.7 Å². The van der Waals surface area contributed by atoms with Gasteiger partial charge in [0.05, 0.1) is 5.56 Å². The number of carbonyl (C=O) groups is 3. The van der Waals surface area contributed by atoms with Gasteiger partial charge in [0.25, 0.3) is 0 Å². The lowest BCUT2D eigenvalue weighted by Gasteiger charge is -2.27. The normalized spacial score (nSPS) is 14.8. The molecule has 1 unspecified atom stereocenters. The largest absolute Gasteiger partial charge is 0.491 e. The Kier molecular flexibility index (Phi) is 11.1. The van der Waals surface area contributed by atoms with E-state index in [0.29, 0.717) is 24.4 Å². The highest BCUT2D eigenvalue weighted by Crippen LogP contribution is 2.32. The second-order valence-electron chi connectivity index (χ2n) is 9.49. The van der Waals surface area contributed by atoms with E-state index in [1.165, 1.54) is 6.92 Å². The molecule has 0 fully saturated rings. The number of rotatable bonds is 10. The van der Waals surface area contributed by atoms with Crippen LogP contribution in [0.4, 0.5) is 13.2 Å². The Morgan fingerprint density at radius 2 is 1.57 bits per heavy atom. The molecule has 9 nitrogen and oxygen atoms in total. The first-order chi connectivity index (χ1) is 19.8. The summed E-state index contributed by atoms with van der Waals surface area (Å²) in [5.41, 5.74) is 4.02. The average Bonchev–Trinajstić information content (AvgIpc) is 2.96. The first kappa shape index (κ1) is 32.1. The molecule has 0 saturated carbocycles. The number of ether oxygens (including phenoxy) is 2. The number of hydrogen-bond donors (Lipinski definition) is 4. The van der Waals surface area contributed by atoms with E-state index in [0.717, 1.165) is 35.3 Å². The number of ketones is 1. The number of nitrogens with one attached hydrogen (secondary N) is 1. The molecule has 1 aliphatic rings. The Balaban J connectivity index is 0.000000616. The molecule has 0 spiro atoms. The number of fused-ring (bicyclic) bond motifs is 1. The Morgan fingerprint density at radius 3 is 2.14 bits per heavy atom. The molecular weight excluding hydrogens is 559 g/mol. The van der Waals surface area contributed by atoms with E-state index < -0.39 is 24.2 Å². The van der Waals surface area contributed by atoms with E-state index in [4.69, 9.17) is 24.5 Å². The minimum atomic E-state index is -5.08. The number of halogens is 3. The summed E-state index contributed by atoms with van der Waals surface area (Å²) >= 11 is 0. The third kappa shape index (κ3) is 9.60. The number of benzene rings is 3. The SMILES string of the molecule is CC(=O)c1ccc(OCC(O)CNC[C@H]2CCc3cc(-c4ccc(C(=O)O)cc4)ccc3O2)cc1.O=C(O)C(F)(F)F. The molecule has 0 aliphatic carbocycles. The minimum Gasteiger partial charge on any atom is -0.491 e. The standard InChI is InChI=1S/C28H29NO6.C2HF3O2/c1-18(30)19-6-10-25(11-7-19)34-17-24(31)15-29-16-26-12-8-23-14-22(9-13-27(23)35-26)20-2-4-21(5-3-20)28(32)33;3-2(4,5)1(6)7/h2-7,9-11,13-14,24,26,29,31H,8,12,15-17H2,1H3,(H,32,33);(H,6,7)/t24?,26-;/m1./s1. The van der Waals surface area contributed by atoms with Crippen LogP contribution in [-0.2, 0) is 11.2 Å². The fraction of sp³-hybridized carbons (Fsp3) is 0.300. The number of carboxylic acids is 2. The first-order valence-corrected chi connectivity index (χ1v) is 12.9. The lowest BCUT2D eigenvalue weighted by Crippen LogP contribution is -2.39. The van der Waals surface area contributed by atoms with Crippen molar-refractivity contribution < 1.29 is 52.3 Å². The summed E-state index contributed by atoms with van der Waals surface area (Å²) in [4.78, 5) is 31.3. The number of Topliss-reactive ketones (excluding diaryl/α,β-unsaturated/α-hetero) is 1. The molecule has 224 valence electrons. The Morgan fingerprint density at radius 1 is 0.976 bits per heavy atom. The highest BCUT2D eigenvalue weighted by Gasteiger charge is 2.38. The molecule has 1 heterocycles. The van der Waals surface area contributed by atoms with E-state index in [9.17, 15) is 27.9 Å². The highest BCUT2D eigenvalue weighted by molar-refractivity contribution is 5.94. The average molecular weight is 590 g/mol. The minimum absolute atomic E-state index is 0.000977. The summed E-state index contributed by atoms with van der Waals surface area (Å²) in [5.74, 6) is -2.23. The van der Waals surface area contributed by atoms with Crippen molar-refractivity contribution in [1.29, 1.82) is 0 Å². The Bertz CT molecular complexity index is 1370. The molecule has 0 amide bonds. The smallest absolute Gasteiger partial charge is 0.490 e. The van der Waals surface area contributed by atoms with Gasteiger partial charge in [0.2, 0.25) is 0 Å². The predicted molar refractivity (Wildman–Crippen MR) is 146 cm³/mol. The van der Waals surface area contributed by atoms with E-state index in [-0.39, 0.29) is 24.1 Å². The molecule has 0 saturated heterocycles. The maximum absolute atomic E-state index is 11.3. The van der Waals surface area contributed by atoms with Crippen LogP contribution in [0.1, 0.15) is 39.6 Å². The van der Waals surface area contributed by atoms with Crippen LogP contribution in [0, 0.1) is 0 Å². The first-order valence-electron chi connectivity index (χ1n) is 12.9. The number of carbonyl (C=O) groups excluding carboxylic acids is 1. The second kappa shape index (κ2) is 14.5. The van der Waals surface area contributed by atoms with Gasteiger partial charge in [-0.3, -0.25) is 4.79 Å². The number of carboxylic acid groups (broad SMARTS) is 2. The van der Waals surface area contributed by atoms with Crippen LogP contribution >= 0.6 is 0 Å². The van der Waals surface area contributed by atoms with Gasteiger partial charge in [-0.2, -0.15) is 13.2 Å². The monoisotopic (exact) mass is 589 g/mol. The summed E-state index contributed by atoms with van der Waals surface area (Å²) < 4.78 is 43.5. The van der Waals surface area contributed by atoms with Crippen LogP contribution < -0.4 is 14.8 Å². The van der Waals surface area contributed by atoms with Crippen molar-refractivity contribution in [2.24, 2.45) is 0 Å². The molecule has 42 heavy (non-hydrogen) atoms. The van der Waals surface area contributed by atoms with E-state index >= 15 is 0 Å². The number of aliphatic carboxylic acids is 1. The van der Waals surface area contributed by atoms with Crippen LogP contribution in [0.2, 0.25) is 0 Å². The lowest BCUT2D eigenvalue weighted by atomic mass is 9.96. The van der Waals surface area contributed by atoms with Crippen molar-refractivity contribution in [2.75, 3.05) is 19.7 Å². The zero-order chi connectivity index (χ0) is 30.9. The van der Waals surface area contributed by atoms with Gasteiger partial charge in [-0.15, -0.1) is 0 Å². The maximum atomic E-state index is 11.3. The van der Waals surface area contributed by atoms with Crippen molar-refractivity contribution in [3.63, 3.8) is 0 Å². The molecule has 0 bridgehead atoms. The van der Waals surface area contributed by atoms with Gasteiger partial charge in [-0.05, 0) is 85.0 Å². The fourth-order valence-electron chi connectivity index (χ4n) is 4.02. The number of aliphatic hydroxyl groups excluding tert-OH is 1. The fourth-order valence-corrected chi connectivity index (χ4v) is 4.02. The zero-order valence-electron chi connectivity index (χ0n) is 22.6. The van der Waals surface area contributed by atoms with Crippen LogP contribution in [0.25, 0.3) is 11.1 Å². The molecule has 0 aromatic heterocycles. The van der Waals surface area contributed by atoms with Gasteiger partial charge in [0.1, 0.15) is 30.3 Å². The lowest BCUT2D eigenvalue weighted by molar-refractivity contribution is -0.192. The molecule has 1 aliphatic heterocycles. The van der Waals surface area contributed by atoms with Crippen LogP contribution in [0.5, 0.6) is 11.5 Å². The number of hydrogen-bond acceptors (Lipinski definition) is 7. The van der Waals surface area contributed by atoms with E-state index in [1.807, 2.05) is 24.3 Å². The van der Waals surface area contributed by atoms with Crippen molar-refractivity contribution in [1.82, 2.24) is 5.32 Å². The quantitative estimate of drug-likeness (QED) is 0.249. The van der Waals surface area contributed by atoms with Gasteiger partial charge in [0.15, 0.2) is 5.78 Å². The second-order valence-corrected chi connectivity index (χ2v) is 9.49. The van der Waals surface area contributed by atoms with Gasteiger partial charge < -0.3 is 30.1 Å². The molecule has 2 atom stereocenters. The van der Waals surface area contributed by atoms with Gasteiger partial charge >= 0.3 is 18.1 Å². The van der Waals surface area contributed by atoms with Crippen LogP contribution in [-0.4, -0.2) is 71.1 Å². The zero-order valence-corrected chi connectivity index (χ0v) is 22.6. The number of aryl methyl sites for hydroxylation is 1. The van der Waals surface area contributed by atoms with Crippen LogP contribution in [0.3, 0.4) is 0 Å². The summed E-state index contributed by atoms with van der Waals surface area (Å²) in [7, 11) is 0. The topological polar surface area (TPSA) is 142 Å². The summed E-state index contributed by atoms with van der Waals surface area (Å²) in [6, 6.07) is 19.8. The number of aromatic carboxylic acids is 1. The van der Waals surface area contributed by atoms with E-state index in [1.54, 1.807) is 36.4 Å². The maximum Gasteiger partial charge on any atom is 0.490 e. The molecule has 4 rings (SSSR count). The van der Waals surface area contributed by atoms with Gasteiger partial charge in [0, 0.05) is 18.7 Å². The molecular formula is C30H30F3NO8.